The Kier molecular flexibility index (Phi) is 13.3. The predicted molar refractivity (Wildman–Crippen MR) is 181 cm³/mol. The van der Waals surface area contributed by atoms with Crippen LogP contribution >= 0.6 is 21.6 Å². The van der Waals surface area contributed by atoms with Crippen molar-refractivity contribution in [1.82, 2.24) is 10.6 Å². The Morgan fingerprint density at radius 2 is 0.870 bits per heavy atom. The maximum absolute atomic E-state index is 13.5. The summed E-state index contributed by atoms with van der Waals surface area (Å²) >= 11 is 0. The van der Waals surface area contributed by atoms with Crippen molar-refractivity contribution in [2.75, 3.05) is 0 Å². The third-order valence-corrected chi connectivity index (χ3v) is 9.70. The first-order chi connectivity index (χ1) is 22.3. The SMILES string of the molecule is O=C(O)CC[C@H](Cc1ccccc1)NC(=O)c1ccccc1SSc1ccccc1C(=O)N[C@H](CCC(=O)O)Cc1ccccc1. The Morgan fingerprint density at radius 3 is 1.24 bits per heavy atom. The molecule has 4 aromatic rings. The van der Waals surface area contributed by atoms with E-state index in [4.69, 9.17) is 0 Å². The molecule has 0 aromatic heterocycles. The monoisotopic (exact) mass is 656 g/mol. The lowest BCUT2D eigenvalue weighted by molar-refractivity contribution is -0.138. The van der Waals surface area contributed by atoms with Crippen LogP contribution in [0.3, 0.4) is 0 Å². The van der Waals surface area contributed by atoms with Gasteiger partial charge >= 0.3 is 11.9 Å². The molecule has 0 saturated carbocycles. The molecule has 0 spiro atoms. The maximum Gasteiger partial charge on any atom is 0.303 e. The zero-order chi connectivity index (χ0) is 32.7. The lowest BCUT2D eigenvalue weighted by atomic mass is 10.0. The van der Waals surface area contributed by atoms with Gasteiger partial charge in [0.05, 0.1) is 11.1 Å². The number of hydrogen-bond donors (Lipinski definition) is 4. The van der Waals surface area contributed by atoms with Crippen LogP contribution < -0.4 is 10.6 Å². The van der Waals surface area contributed by atoms with Gasteiger partial charge in [-0.25, -0.2) is 0 Å². The third-order valence-electron chi connectivity index (χ3n) is 7.22. The number of rotatable bonds is 17. The summed E-state index contributed by atoms with van der Waals surface area (Å²) in [4.78, 5) is 51.0. The van der Waals surface area contributed by atoms with Gasteiger partial charge in [0.2, 0.25) is 0 Å². The van der Waals surface area contributed by atoms with E-state index in [1.54, 1.807) is 24.3 Å². The second-order valence-corrected chi connectivity index (χ2v) is 13.0. The van der Waals surface area contributed by atoms with Crippen LogP contribution in [-0.4, -0.2) is 46.0 Å². The molecule has 0 unspecified atom stereocenters. The smallest absolute Gasteiger partial charge is 0.303 e. The number of hydrogen-bond acceptors (Lipinski definition) is 6. The lowest BCUT2D eigenvalue weighted by Gasteiger charge is -2.20. The molecule has 0 aliphatic heterocycles. The number of carboxylic acid groups (broad SMARTS) is 2. The van der Waals surface area contributed by atoms with E-state index in [0.717, 1.165) is 11.1 Å². The molecule has 0 saturated heterocycles. The van der Waals surface area contributed by atoms with E-state index in [1.807, 2.05) is 84.9 Å². The first-order valence-electron chi connectivity index (χ1n) is 14.9. The molecule has 0 heterocycles. The van der Waals surface area contributed by atoms with Crippen LogP contribution in [0, 0.1) is 0 Å². The quantitative estimate of drug-likeness (QED) is 0.0903. The van der Waals surface area contributed by atoms with Gasteiger partial charge in [-0.3, -0.25) is 19.2 Å². The average molecular weight is 657 g/mol. The number of nitrogens with one attached hydrogen (secondary N) is 2. The number of amides is 2. The average Bonchev–Trinajstić information content (AvgIpc) is 3.06. The van der Waals surface area contributed by atoms with Crippen LogP contribution in [0.2, 0.25) is 0 Å². The summed E-state index contributed by atoms with van der Waals surface area (Å²) in [6.07, 6.45) is 1.46. The van der Waals surface area contributed by atoms with Crippen molar-refractivity contribution < 1.29 is 29.4 Å². The van der Waals surface area contributed by atoms with Crippen molar-refractivity contribution in [2.45, 2.75) is 60.4 Å². The van der Waals surface area contributed by atoms with E-state index in [2.05, 4.69) is 10.6 Å². The molecule has 238 valence electrons. The van der Waals surface area contributed by atoms with Gasteiger partial charge in [0, 0.05) is 34.7 Å². The van der Waals surface area contributed by atoms with Crippen LogP contribution in [-0.2, 0) is 22.4 Å². The molecule has 2 amide bonds. The van der Waals surface area contributed by atoms with Crippen LogP contribution in [0.5, 0.6) is 0 Å². The molecule has 4 rings (SSSR count). The fourth-order valence-corrected chi connectivity index (χ4v) is 7.27. The lowest BCUT2D eigenvalue weighted by Crippen LogP contribution is -2.37. The van der Waals surface area contributed by atoms with Crippen molar-refractivity contribution in [2.24, 2.45) is 0 Å². The van der Waals surface area contributed by atoms with Gasteiger partial charge < -0.3 is 20.8 Å². The Bertz CT molecular complexity index is 1500. The van der Waals surface area contributed by atoms with E-state index < -0.39 is 11.9 Å². The minimum atomic E-state index is -0.921. The summed E-state index contributed by atoms with van der Waals surface area (Å²) in [5.41, 5.74) is 2.90. The molecule has 10 heteroatoms. The highest BCUT2D eigenvalue weighted by Crippen LogP contribution is 2.40. The van der Waals surface area contributed by atoms with Crippen LogP contribution in [0.4, 0.5) is 0 Å². The van der Waals surface area contributed by atoms with Gasteiger partial charge in [-0.1, -0.05) is 107 Å². The van der Waals surface area contributed by atoms with Gasteiger partial charge in [-0.2, -0.15) is 0 Å². The maximum atomic E-state index is 13.5. The van der Waals surface area contributed by atoms with E-state index >= 15 is 0 Å². The summed E-state index contributed by atoms with van der Waals surface area (Å²) in [6, 6.07) is 32.8. The van der Waals surface area contributed by atoms with Crippen LogP contribution in [0.25, 0.3) is 0 Å². The highest BCUT2D eigenvalue weighted by atomic mass is 33.1. The van der Waals surface area contributed by atoms with Crippen molar-refractivity contribution >= 4 is 45.3 Å². The van der Waals surface area contributed by atoms with Crippen molar-refractivity contribution in [1.29, 1.82) is 0 Å². The number of carbonyl (C=O) groups excluding carboxylic acids is 2. The Morgan fingerprint density at radius 1 is 0.522 bits per heavy atom. The Balaban J connectivity index is 1.46. The van der Waals surface area contributed by atoms with Crippen molar-refractivity contribution in [3.63, 3.8) is 0 Å². The van der Waals surface area contributed by atoms with Crippen molar-refractivity contribution in [3.05, 3.63) is 131 Å². The molecule has 4 aromatic carbocycles. The molecule has 0 aliphatic rings. The summed E-state index contributed by atoms with van der Waals surface area (Å²) in [5.74, 6) is -2.45. The molecule has 46 heavy (non-hydrogen) atoms. The third kappa shape index (κ3) is 11.1. The molecule has 0 radical (unpaired) electrons. The number of carbonyl (C=O) groups is 4. The molecular formula is C36H36N2O6S2. The van der Waals surface area contributed by atoms with E-state index in [-0.39, 0.29) is 36.7 Å². The molecule has 4 N–H and O–H groups in total. The summed E-state index contributed by atoms with van der Waals surface area (Å²) in [5, 5.41) is 24.6. The molecule has 0 fully saturated rings. The normalized spacial score (nSPS) is 12.1. The molecule has 2 atom stereocenters. The predicted octanol–water partition coefficient (Wildman–Crippen LogP) is 6.90. The number of aliphatic carboxylic acids is 2. The van der Waals surface area contributed by atoms with E-state index in [9.17, 15) is 29.4 Å². The zero-order valence-corrected chi connectivity index (χ0v) is 26.8. The molecule has 8 nitrogen and oxygen atoms in total. The van der Waals surface area contributed by atoms with Crippen molar-refractivity contribution in [3.8, 4) is 0 Å². The first-order valence-corrected chi connectivity index (χ1v) is 17.1. The zero-order valence-electron chi connectivity index (χ0n) is 25.1. The Hall–Kier alpha value is -4.54. The molecular weight excluding hydrogens is 621 g/mol. The summed E-state index contributed by atoms with van der Waals surface area (Å²) in [7, 11) is 2.70. The number of benzene rings is 4. The van der Waals surface area contributed by atoms with Gasteiger partial charge in [0.25, 0.3) is 11.8 Å². The van der Waals surface area contributed by atoms with Gasteiger partial charge in [0.1, 0.15) is 0 Å². The van der Waals surface area contributed by atoms with E-state index in [1.165, 1.54) is 21.6 Å². The summed E-state index contributed by atoms with van der Waals surface area (Å²) in [6.45, 7) is 0. The minimum absolute atomic E-state index is 0.0641. The Labute approximate surface area is 276 Å². The van der Waals surface area contributed by atoms with Gasteiger partial charge in [0.15, 0.2) is 0 Å². The standard InChI is InChI=1S/C36H36N2O6S2/c39-33(40)21-19-27(23-25-11-3-1-4-12-25)37-35(43)29-15-7-9-17-31(29)45-46-32-18-10-8-16-30(32)36(44)38-28(20-22-34(41)42)24-26-13-5-2-6-14-26/h1-18,27-28H,19-24H2,(H,37,43)(H,38,44)(H,39,40)(H,41,42)/t27-,28-/m1/s1. The van der Waals surface area contributed by atoms with Gasteiger partial charge in [-0.15, -0.1) is 0 Å². The largest absolute Gasteiger partial charge is 0.481 e. The second-order valence-electron chi connectivity index (χ2n) is 10.7. The fraction of sp³-hybridized carbons (Fsp3) is 0.222. The topological polar surface area (TPSA) is 133 Å². The number of carboxylic acids is 2. The highest BCUT2D eigenvalue weighted by molar-refractivity contribution is 8.76. The first kappa shape index (κ1) is 34.3. The van der Waals surface area contributed by atoms with E-state index in [0.29, 0.717) is 46.6 Å². The fourth-order valence-electron chi connectivity index (χ4n) is 4.91. The molecule has 0 aliphatic carbocycles. The second kappa shape index (κ2) is 17.8. The van der Waals surface area contributed by atoms with Crippen LogP contribution in [0.1, 0.15) is 57.5 Å². The van der Waals surface area contributed by atoms with Crippen LogP contribution in [0.15, 0.2) is 119 Å². The minimum Gasteiger partial charge on any atom is -0.481 e. The molecule has 0 bridgehead atoms. The van der Waals surface area contributed by atoms with Gasteiger partial charge in [-0.05, 0) is 61.1 Å². The highest BCUT2D eigenvalue weighted by Gasteiger charge is 2.21. The summed E-state index contributed by atoms with van der Waals surface area (Å²) < 4.78 is 0.